The lowest BCUT2D eigenvalue weighted by Crippen LogP contribution is -2.52. The summed E-state index contributed by atoms with van der Waals surface area (Å²) in [6, 6.07) is 22.4. The molecule has 2 aliphatic heterocycles. The second-order valence-electron chi connectivity index (χ2n) is 11.8. The second-order valence-corrected chi connectivity index (χ2v) is 11.8. The molecule has 0 aromatic heterocycles. The first-order chi connectivity index (χ1) is 21.4. The van der Waals surface area contributed by atoms with Gasteiger partial charge in [-0.15, -0.1) is 0 Å². The van der Waals surface area contributed by atoms with Crippen molar-refractivity contribution in [1.82, 2.24) is 15.1 Å². The highest BCUT2D eigenvalue weighted by Gasteiger charge is 2.31. The fourth-order valence-corrected chi connectivity index (χ4v) is 6.08. The van der Waals surface area contributed by atoms with Crippen LogP contribution in [0.5, 0.6) is 11.5 Å². The predicted molar refractivity (Wildman–Crippen MR) is 169 cm³/mol. The van der Waals surface area contributed by atoms with Crippen LogP contribution in [0.2, 0.25) is 0 Å². The third-order valence-corrected chi connectivity index (χ3v) is 8.53. The van der Waals surface area contributed by atoms with Crippen molar-refractivity contribution in [3.63, 3.8) is 0 Å². The summed E-state index contributed by atoms with van der Waals surface area (Å²) in [6.45, 7) is 2.66. The molecule has 2 amide bonds. The molecular formula is C35H43FN4O4. The topological polar surface area (TPSA) is 83.1 Å². The molecule has 3 aromatic carbocycles. The van der Waals surface area contributed by atoms with Crippen LogP contribution in [0, 0.1) is 5.82 Å². The van der Waals surface area contributed by atoms with Crippen molar-refractivity contribution < 1.29 is 23.5 Å². The number of hydrogen-bond acceptors (Lipinski definition) is 6. The molecule has 2 saturated heterocycles. The van der Waals surface area contributed by atoms with Crippen LogP contribution in [0.4, 0.5) is 10.1 Å². The number of carbonyl (C=O) groups is 2. The Morgan fingerprint density at radius 1 is 0.886 bits per heavy atom. The Bertz CT molecular complexity index is 1340. The molecule has 0 radical (unpaired) electrons. The fourth-order valence-electron chi connectivity index (χ4n) is 6.08. The van der Waals surface area contributed by atoms with Crippen molar-refractivity contribution in [1.29, 1.82) is 0 Å². The van der Waals surface area contributed by atoms with Crippen LogP contribution in [0.3, 0.4) is 0 Å². The number of carbonyl (C=O) groups excluding carboxylic acids is 2. The maximum absolute atomic E-state index is 13.4. The average Bonchev–Trinajstić information content (AvgIpc) is 3.44. The summed E-state index contributed by atoms with van der Waals surface area (Å²) in [7, 11) is 2.20. The van der Waals surface area contributed by atoms with Gasteiger partial charge in [-0.1, -0.05) is 36.8 Å². The number of benzene rings is 3. The molecule has 0 saturated carbocycles. The zero-order valence-electron chi connectivity index (χ0n) is 25.4. The Morgan fingerprint density at radius 3 is 2.30 bits per heavy atom. The lowest BCUT2D eigenvalue weighted by atomic mass is 9.95. The molecule has 0 bridgehead atoms. The van der Waals surface area contributed by atoms with Gasteiger partial charge in [-0.05, 0) is 106 Å². The molecule has 8 nitrogen and oxygen atoms in total. The smallest absolute Gasteiger partial charge is 0.249 e. The number of halogens is 1. The summed E-state index contributed by atoms with van der Waals surface area (Å²) >= 11 is 0. The van der Waals surface area contributed by atoms with E-state index in [-0.39, 0.29) is 30.8 Å². The Morgan fingerprint density at radius 2 is 1.59 bits per heavy atom. The Balaban J connectivity index is 1.19. The van der Waals surface area contributed by atoms with E-state index in [0.717, 1.165) is 37.9 Å². The maximum Gasteiger partial charge on any atom is 0.249 e. The molecule has 2 heterocycles. The molecule has 2 fully saturated rings. The van der Waals surface area contributed by atoms with E-state index >= 15 is 0 Å². The molecule has 44 heavy (non-hydrogen) atoms. The van der Waals surface area contributed by atoms with Gasteiger partial charge in [0.05, 0.1) is 19.8 Å². The van der Waals surface area contributed by atoms with Crippen LogP contribution >= 0.6 is 0 Å². The third-order valence-electron chi connectivity index (χ3n) is 8.53. The van der Waals surface area contributed by atoms with Crippen molar-refractivity contribution >= 4 is 17.5 Å². The van der Waals surface area contributed by atoms with Crippen LogP contribution < -0.4 is 15.4 Å². The van der Waals surface area contributed by atoms with Gasteiger partial charge < -0.3 is 25.0 Å². The van der Waals surface area contributed by atoms with Gasteiger partial charge in [0.15, 0.2) is 0 Å². The Labute approximate surface area is 259 Å². The van der Waals surface area contributed by atoms with E-state index in [1.165, 1.54) is 31.4 Å². The lowest BCUT2D eigenvalue weighted by Gasteiger charge is -2.38. The number of ether oxygens (including phenoxy) is 2. The molecule has 1 unspecified atom stereocenters. The first kappa shape index (κ1) is 31.6. The lowest BCUT2D eigenvalue weighted by molar-refractivity contribution is -0.129. The number of anilines is 1. The van der Waals surface area contributed by atoms with Crippen molar-refractivity contribution in [3.8, 4) is 11.5 Å². The van der Waals surface area contributed by atoms with E-state index in [4.69, 9.17) is 9.47 Å². The van der Waals surface area contributed by atoms with Crippen LogP contribution in [-0.2, 0) is 20.9 Å². The number of rotatable bonds is 13. The van der Waals surface area contributed by atoms with Gasteiger partial charge in [0.25, 0.3) is 0 Å². The minimum absolute atomic E-state index is 0.0362. The molecule has 3 atom stereocenters. The highest BCUT2D eigenvalue weighted by atomic mass is 19.1. The van der Waals surface area contributed by atoms with E-state index in [1.54, 1.807) is 36.4 Å². The Kier molecular flexibility index (Phi) is 11.4. The first-order valence-electron chi connectivity index (χ1n) is 15.6. The molecule has 2 aliphatic rings. The normalized spacial score (nSPS) is 19.8. The van der Waals surface area contributed by atoms with Gasteiger partial charge in [-0.3, -0.25) is 14.5 Å². The monoisotopic (exact) mass is 602 g/mol. The SMILES string of the molecule is CN1CCC[C@H]1CC1CCCCN1CC(=O)N[C@@H](COCc1ccccc1)C(=O)Nc1ccc(Oc2ccc(F)cc2)cc1. The number of nitrogens with zero attached hydrogens (tertiary/aromatic N) is 2. The van der Waals surface area contributed by atoms with E-state index in [9.17, 15) is 14.0 Å². The minimum Gasteiger partial charge on any atom is -0.457 e. The van der Waals surface area contributed by atoms with Crippen LogP contribution in [0.1, 0.15) is 44.1 Å². The standard InChI is InChI=1S/C35H43FN4O4/c1-39-20-7-11-29(39)22-30-10-5-6-21-40(30)23-34(41)38-33(25-43-24-26-8-3-2-4-9-26)35(42)37-28-14-18-32(19-15-28)44-31-16-12-27(36)13-17-31/h2-4,8-9,12-19,29-30,33H,5-7,10-11,20-25H2,1H3,(H,37,42)(H,38,41)/t29-,30?,33-/m0/s1. The van der Waals surface area contributed by atoms with Gasteiger partial charge in [-0.25, -0.2) is 4.39 Å². The third kappa shape index (κ3) is 9.35. The van der Waals surface area contributed by atoms with E-state index in [2.05, 4.69) is 27.5 Å². The number of nitrogens with one attached hydrogen (secondary N) is 2. The fraction of sp³-hybridized carbons (Fsp3) is 0.429. The predicted octanol–water partition coefficient (Wildman–Crippen LogP) is 5.60. The van der Waals surface area contributed by atoms with Gasteiger partial charge in [-0.2, -0.15) is 0 Å². The quantitative estimate of drug-likeness (QED) is 0.265. The summed E-state index contributed by atoms with van der Waals surface area (Å²) in [5, 5.41) is 5.86. The van der Waals surface area contributed by atoms with Gasteiger partial charge >= 0.3 is 0 Å². The second kappa shape index (κ2) is 15.8. The maximum atomic E-state index is 13.4. The molecule has 5 rings (SSSR count). The van der Waals surface area contributed by atoms with Gasteiger partial charge in [0.2, 0.25) is 11.8 Å². The molecule has 2 N–H and O–H groups in total. The molecule has 9 heteroatoms. The molecule has 0 aliphatic carbocycles. The number of piperidine rings is 1. The van der Waals surface area contributed by atoms with Crippen LogP contribution in [0.15, 0.2) is 78.9 Å². The van der Waals surface area contributed by atoms with Crippen LogP contribution in [0.25, 0.3) is 0 Å². The molecule has 0 spiro atoms. The van der Waals surface area contributed by atoms with Gasteiger partial charge in [0.1, 0.15) is 23.4 Å². The number of hydrogen-bond donors (Lipinski definition) is 2. The average molecular weight is 603 g/mol. The first-order valence-corrected chi connectivity index (χ1v) is 15.6. The van der Waals surface area contributed by atoms with E-state index in [1.807, 2.05) is 30.3 Å². The molecular weight excluding hydrogens is 559 g/mol. The Hall–Kier alpha value is -3.79. The summed E-state index contributed by atoms with van der Waals surface area (Å²) in [6.07, 6.45) is 6.89. The minimum atomic E-state index is -0.870. The molecule has 234 valence electrons. The van der Waals surface area contributed by atoms with E-state index in [0.29, 0.717) is 35.9 Å². The zero-order chi connectivity index (χ0) is 30.7. The number of likely N-dealkylation sites (tertiary alicyclic amines) is 2. The zero-order valence-corrected chi connectivity index (χ0v) is 25.4. The largest absolute Gasteiger partial charge is 0.457 e. The van der Waals surface area contributed by atoms with Crippen molar-refractivity contribution in [2.45, 2.75) is 63.3 Å². The van der Waals surface area contributed by atoms with Crippen molar-refractivity contribution in [3.05, 3.63) is 90.2 Å². The number of amides is 2. The molecule has 3 aromatic rings. The summed E-state index contributed by atoms with van der Waals surface area (Å²) in [5.74, 6) is 0.181. The highest BCUT2D eigenvalue weighted by molar-refractivity contribution is 5.97. The summed E-state index contributed by atoms with van der Waals surface area (Å²) in [4.78, 5) is 31.5. The van der Waals surface area contributed by atoms with Crippen molar-refractivity contribution in [2.24, 2.45) is 0 Å². The van der Waals surface area contributed by atoms with Crippen molar-refractivity contribution in [2.75, 3.05) is 38.6 Å². The van der Waals surface area contributed by atoms with Crippen LogP contribution in [-0.4, -0.2) is 73.0 Å². The summed E-state index contributed by atoms with van der Waals surface area (Å²) < 4.78 is 24.9. The van der Waals surface area contributed by atoms with Gasteiger partial charge in [0, 0.05) is 17.8 Å². The summed E-state index contributed by atoms with van der Waals surface area (Å²) in [5.41, 5.74) is 1.54. The van der Waals surface area contributed by atoms with E-state index < -0.39 is 6.04 Å². The highest BCUT2D eigenvalue weighted by Crippen LogP contribution is 2.27.